The van der Waals surface area contributed by atoms with E-state index in [-0.39, 0.29) is 47.5 Å². The number of rotatable bonds is 10. The maximum Gasteiger partial charge on any atom is 0.262 e. The third kappa shape index (κ3) is 7.81. The average molecular weight is 830 g/mol. The van der Waals surface area contributed by atoms with Gasteiger partial charge in [0.2, 0.25) is 17.7 Å². The predicted octanol–water partition coefficient (Wildman–Crippen LogP) is 4.49. The summed E-state index contributed by atoms with van der Waals surface area (Å²) >= 11 is 0. The van der Waals surface area contributed by atoms with Gasteiger partial charge in [-0.3, -0.25) is 39.3 Å². The topological polar surface area (TPSA) is 183 Å². The highest BCUT2D eigenvalue weighted by Gasteiger charge is 2.45. The van der Waals surface area contributed by atoms with Crippen LogP contribution in [-0.4, -0.2) is 123 Å². The lowest BCUT2D eigenvalue weighted by atomic mass is 9.93. The molecule has 5 aliphatic heterocycles. The van der Waals surface area contributed by atoms with E-state index in [1.165, 1.54) is 0 Å². The molecule has 5 fully saturated rings. The van der Waals surface area contributed by atoms with E-state index in [4.69, 9.17) is 9.47 Å². The van der Waals surface area contributed by atoms with Crippen LogP contribution >= 0.6 is 0 Å². The summed E-state index contributed by atoms with van der Waals surface area (Å²) in [6.45, 7) is 7.35. The molecular formula is C45H51N9O7. The molecule has 10 rings (SSSR count). The van der Waals surface area contributed by atoms with Crippen molar-refractivity contribution in [3.05, 3.63) is 59.9 Å². The molecule has 4 saturated heterocycles. The number of nitrogens with zero attached hydrogens (tertiary/aromatic N) is 7. The summed E-state index contributed by atoms with van der Waals surface area (Å²) in [5, 5.41) is 10.9. The number of benzene rings is 2. The molecule has 1 atom stereocenters. The maximum absolute atomic E-state index is 13.6. The van der Waals surface area contributed by atoms with Gasteiger partial charge in [-0.15, -0.1) is 0 Å². The van der Waals surface area contributed by atoms with Crippen molar-refractivity contribution in [1.29, 1.82) is 0 Å². The molecule has 1 saturated carbocycles. The van der Waals surface area contributed by atoms with E-state index in [0.717, 1.165) is 103 Å². The van der Waals surface area contributed by atoms with Crippen molar-refractivity contribution < 1.29 is 33.4 Å². The Kier molecular flexibility index (Phi) is 10.2. The fourth-order valence-corrected chi connectivity index (χ4v) is 9.61. The van der Waals surface area contributed by atoms with Crippen LogP contribution in [0.2, 0.25) is 0 Å². The van der Waals surface area contributed by atoms with Gasteiger partial charge >= 0.3 is 0 Å². The summed E-state index contributed by atoms with van der Waals surface area (Å²) < 4.78 is 12.7. The number of fused-ring (bicyclic) bond motifs is 2. The number of carbonyl (C=O) groups is 5. The van der Waals surface area contributed by atoms with E-state index < -0.39 is 29.7 Å². The van der Waals surface area contributed by atoms with E-state index in [9.17, 15) is 24.0 Å². The third-order valence-corrected chi connectivity index (χ3v) is 13.6. The van der Waals surface area contributed by atoms with Crippen LogP contribution in [0.4, 0.5) is 11.5 Å². The van der Waals surface area contributed by atoms with Crippen molar-refractivity contribution >= 4 is 51.9 Å². The number of carbonyl (C=O) groups excluding carboxylic acids is 5. The lowest BCUT2D eigenvalue weighted by Gasteiger charge is -2.38. The first-order valence-electron chi connectivity index (χ1n) is 21.8. The number of ether oxygens (including phenoxy) is 2. The molecule has 318 valence electrons. The Morgan fingerprint density at radius 1 is 0.820 bits per heavy atom. The first-order valence-corrected chi connectivity index (χ1v) is 21.8. The molecule has 0 spiro atoms. The number of amides is 5. The Labute approximate surface area is 353 Å². The monoisotopic (exact) mass is 829 g/mol. The minimum absolute atomic E-state index is 0.0590. The number of nitrogens with one attached hydrogen (secondary N) is 2. The molecule has 5 amide bonds. The van der Waals surface area contributed by atoms with Gasteiger partial charge in [-0.05, 0) is 107 Å². The van der Waals surface area contributed by atoms with Crippen LogP contribution in [0, 0.1) is 11.8 Å². The van der Waals surface area contributed by atoms with Crippen LogP contribution in [0.5, 0.6) is 5.75 Å². The Bertz CT molecular complexity index is 2390. The summed E-state index contributed by atoms with van der Waals surface area (Å²) in [7, 11) is 0. The van der Waals surface area contributed by atoms with E-state index in [1.807, 2.05) is 29.2 Å². The smallest absolute Gasteiger partial charge is 0.262 e. The molecule has 2 aromatic carbocycles. The van der Waals surface area contributed by atoms with Gasteiger partial charge < -0.3 is 24.2 Å². The molecular weight excluding hydrogens is 779 g/mol. The van der Waals surface area contributed by atoms with Gasteiger partial charge in [0.25, 0.3) is 11.8 Å². The first-order chi connectivity index (χ1) is 29.6. The van der Waals surface area contributed by atoms with E-state index >= 15 is 0 Å². The van der Waals surface area contributed by atoms with Gasteiger partial charge in [0, 0.05) is 75.4 Å². The molecule has 1 unspecified atom stereocenters. The van der Waals surface area contributed by atoms with Crippen LogP contribution in [0.15, 0.2) is 48.8 Å². The summed E-state index contributed by atoms with van der Waals surface area (Å²) in [6, 6.07) is 12.3. The van der Waals surface area contributed by atoms with Crippen molar-refractivity contribution in [3.63, 3.8) is 0 Å². The standard InChI is InChI=1S/C45H51N9O7/c1-45(14-15-45)61-31-3-5-35-34(23-31)40(50-49-35)36-24-38(47-26-46-36)52-16-8-27(9-17-52)25-60-30-12-20-53(21-13-30)42(57)28-10-18-51(19-11-28)29-2-4-32-33(22-29)44(59)54(43(32)58)37-6-7-39(55)48-41(37)56/h2-5,22-24,26-28,30,37H,6-21,25H2,1H3,(H,49,50)(H,48,55,56). The summed E-state index contributed by atoms with van der Waals surface area (Å²) in [5.41, 5.74) is 3.82. The number of imide groups is 2. The molecule has 6 aliphatic rings. The fourth-order valence-electron chi connectivity index (χ4n) is 9.61. The Hall–Kier alpha value is -5.90. The molecule has 61 heavy (non-hydrogen) atoms. The molecule has 7 heterocycles. The minimum Gasteiger partial charge on any atom is -0.488 e. The average Bonchev–Trinajstić information content (AvgIpc) is 3.77. The number of likely N-dealkylation sites (tertiary alicyclic amines) is 1. The van der Waals surface area contributed by atoms with Gasteiger partial charge in [0.15, 0.2) is 0 Å². The second kappa shape index (κ2) is 15.9. The number of anilines is 2. The highest BCUT2D eigenvalue weighted by molar-refractivity contribution is 6.23. The van der Waals surface area contributed by atoms with Crippen LogP contribution in [0.25, 0.3) is 22.3 Å². The van der Waals surface area contributed by atoms with Gasteiger partial charge in [-0.25, -0.2) is 9.97 Å². The van der Waals surface area contributed by atoms with E-state index in [1.54, 1.807) is 18.5 Å². The van der Waals surface area contributed by atoms with Gasteiger partial charge in [-0.1, -0.05) is 0 Å². The van der Waals surface area contributed by atoms with E-state index in [2.05, 4.69) is 48.3 Å². The number of piperidine rings is 4. The lowest BCUT2D eigenvalue weighted by molar-refractivity contribution is -0.139. The lowest BCUT2D eigenvalue weighted by Crippen LogP contribution is -2.54. The fraction of sp³-hybridized carbons (Fsp3) is 0.511. The van der Waals surface area contributed by atoms with Crippen LogP contribution in [0.1, 0.15) is 91.8 Å². The number of hydrogen-bond donors (Lipinski definition) is 2. The Morgan fingerprint density at radius 3 is 2.33 bits per heavy atom. The summed E-state index contributed by atoms with van der Waals surface area (Å²) in [4.78, 5) is 80.9. The predicted molar refractivity (Wildman–Crippen MR) is 224 cm³/mol. The second-order valence-electron chi connectivity index (χ2n) is 17.8. The second-order valence-corrected chi connectivity index (χ2v) is 17.8. The SMILES string of the molecule is CC1(Oc2ccc3n[nH]c(-c4cc(N5CCC(COC6CCN(C(=O)C7CCN(c8ccc9c(c8)C(=O)N(C8CCC(=O)NC8=O)C9=O)CC7)CC6)CC5)ncn4)c3c2)CC1. The molecule has 2 N–H and O–H groups in total. The number of hydrogen-bond acceptors (Lipinski definition) is 12. The zero-order chi connectivity index (χ0) is 41.8. The van der Waals surface area contributed by atoms with Crippen molar-refractivity contribution in [1.82, 2.24) is 35.3 Å². The molecule has 0 bridgehead atoms. The number of H-pyrrole nitrogens is 1. The first kappa shape index (κ1) is 39.2. The maximum atomic E-state index is 13.6. The van der Waals surface area contributed by atoms with Crippen molar-refractivity contribution in [2.75, 3.05) is 55.7 Å². The molecule has 0 radical (unpaired) electrons. The highest BCUT2D eigenvalue weighted by Crippen LogP contribution is 2.41. The molecule has 2 aromatic heterocycles. The van der Waals surface area contributed by atoms with Crippen molar-refractivity contribution in [2.24, 2.45) is 11.8 Å². The van der Waals surface area contributed by atoms with Crippen molar-refractivity contribution in [3.8, 4) is 17.1 Å². The third-order valence-electron chi connectivity index (χ3n) is 13.6. The zero-order valence-electron chi connectivity index (χ0n) is 34.4. The molecule has 1 aliphatic carbocycles. The largest absolute Gasteiger partial charge is 0.488 e. The van der Waals surface area contributed by atoms with Gasteiger partial charge in [-0.2, -0.15) is 5.10 Å². The van der Waals surface area contributed by atoms with Gasteiger partial charge in [0.1, 0.15) is 29.5 Å². The zero-order valence-corrected chi connectivity index (χ0v) is 34.4. The molecule has 16 heteroatoms. The summed E-state index contributed by atoms with van der Waals surface area (Å²) in [6.07, 6.45) is 9.22. The minimum atomic E-state index is -0.996. The quantitative estimate of drug-likeness (QED) is 0.214. The molecule has 4 aromatic rings. The van der Waals surface area contributed by atoms with Crippen LogP contribution in [0.3, 0.4) is 0 Å². The Balaban J connectivity index is 0.661. The van der Waals surface area contributed by atoms with E-state index in [0.29, 0.717) is 44.9 Å². The van der Waals surface area contributed by atoms with Crippen molar-refractivity contribution in [2.45, 2.75) is 88.9 Å². The normalized spacial score (nSPS) is 22.5. The number of aromatic amines is 1. The number of aromatic nitrogens is 4. The summed E-state index contributed by atoms with van der Waals surface area (Å²) in [5.74, 6) is 0.308. The van der Waals surface area contributed by atoms with Crippen LogP contribution in [-0.2, 0) is 19.1 Å². The Morgan fingerprint density at radius 2 is 1.57 bits per heavy atom. The molecule has 16 nitrogen and oxygen atoms in total. The van der Waals surface area contributed by atoms with Crippen LogP contribution < -0.4 is 19.9 Å². The highest BCUT2D eigenvalue weighted by atomic mass is 16.5. The van der Waals surface area contributed by atoms with Gasteiger partial charge in [0.05, 0.1) is 34.1 Å².